The molecule has 1 amide bonds. The van der Waals surface area contributed by atoms with Crippen LogP contribution in [-0.2, 0) is 0 Å². The fourth-order valence-corrected chi connectivity index (χ4v) is 2.44. The quantitative estimate of drug-likeness (QED) is 0.571. The molecule has 2 rings (SSSR count). The molecule has 0 bridgehead atoms. The number of carbonyl (C=O) groups excluding carboxylic acids is 1. The van der Waals surface area contributed by atoms with Crippen molar-refractivity contribution in [2.75, 3.05) is 10.6 Å². The maximum Gasteiger partial charge on any atom is 0.252 e. The highest BCUT2D eigenvalue weighted by Gasteiger charge is 2.20. The first-order chi connectivity index (χ1) is 12.3. The van der Waals surface area contributed by atoms with Crippen LogP contribution in [0.3, 0.4) is 0 Å². The van der Waals surface area contributed by atoms with Crippen molar-refractivity contribution in [3.63, 3.8) is 0 Å². The van der Waals surface area contributed by atoms with Crippen LogP contribution >= 0.6 is 0 Å². The molecule has 0 aliphatic carbocycles. The summed E-state index contributed by atoms with van der Waals surface area (Å²) in [5.41, 5.74) is 11.3. The molecule has 2 heterocycles. The van der Waals surface area contributed by atoms with Gasteiger partial charge in [0.15, 0.2) is 11.6 Å². The van der Waals surface area contributed by atoms with Gasteiger partial charge in [0.25, 0.3) is 5.91 Å². The molecule has 0 radical (unpaired) electrons. The zero-order valence-electron chi connectivity index (χ0n) is 14.6. The zero-order valence-corrected chi connectivity index (χ0v) is 14.6. The Hall–Kier alpha value is -2.81. The lowest BCUT2D eigenvalue weighted by molar-refractivity contribution is 0.100. The summed E-state index contributed by atoms with van der Waals surface area (Å²) in [6.45, 7) is 3.79. The van der Waals surface area contributed by atoms with Crippen molar-refractivity contribution in [2.24, 2.45) is 11.5 Å². The fourth-order valence-electron chi connectivity index (χ4n) is 2.44. The van der Waals surface area contributed by atoms with Crippen LogP contribution in [0.2, 0.25) is 0 Å². The van der Waals surface area contributed by atoms with Crippen LogP contribution in [0.5, 0.6) is 0 Å². The molecule has 140 valence electrons. The number of rotatable bonds is 8. The lowest BCUT2D eigenvalue weighted by atomic mass is 10.1. The predicted octanol–water partition coefficient (Wildman–Crippen LogP) is 2.53. The standard InChI is InChI=1S/C17H22F2N6O/c1-3-4-14(9(2)20)24-17-13(19)6-12(15(21)26)16(25-17)23-11-5-10(18)7-22-8-11/h5-9,14H,3-4,20H2,1-2H3,(H2,21,26)(H2,23,24,25). The van der Waals surface area contributed by atoms with Gasteiger partial charge in [0.2, 0.25) is 0 Å². The second kappa shape index (κ2) is 8.52. The number of hydrogen-bond acceptors (Lipinski definition) is 6. The van der Waals surface area contributed by atoms with Crippen molar-refractivity contribution >= 4 is 23.2 Å². The molecule has 7 nitrogen and oxygen atoms in total. The molecule has 26 heavy (non-hydrogen) atoms. The maximum absolute atomic E-state index is 14.4. The minimum Gasteiger partial charge on any atom is -0.365 e. The Morgan fingerprint density at radius 2 is 2.00 bits per heavy atom. The largest absolute Gasteiger partial charge is 0.365 e. The molecule has 2 unspecified atom stereocenters. The molecule has 0 saturated carbocycles. The summed E-state index contributed by atoms with van der Waals surface area (Å²) in [6.07, 6.45) is 3.93. The van der Waals surface area contributed by atoms with Crippen molar-refractivity contribution in [3.05, 3.63) is 41.7 Å². The topological polar surface area (TPSA) is 119 Å². The number of nitrogens with zero attached hydrogens (tertiary/aromatic N) is 2. The van der Waals surface area contributed by atoms with Crippen molar-refractivity contribution in [1.82, 2.24) is 9.97 Å². The maximum atomic E-state index is 14.4. The van der Waals surface area contributed by atoms with Crippen LogP contribution in [0.1, 0.15) is 37.0 Å². The Morgan fingerprint density at radius 1 is 1.27 bits per heavy atom. The van der Waals surface area contributed by atoms with Gasteiger partial charge >= 0.3 is 0 Å². The van der Waals surface area contributed by atoms with Crippen LogP contribution in [0, 0.1) is 11.6 Å². The van der Waals surface area contributed by atoms with Gasteiger partial charge in [0, 0.05) is 18.2 Å². The summed E-state index contributed by atoms with van der Waals surface area (Å²) in [4.78, 5) is 19.4. The molecule has 6 N–H and O–H groups in total. The number of primary amides is 1. The minimum absolute atomic E-state index is 0.00581. The summed E-state index contributed by atoms with van der Waals surface area (Å²) >= 11 is 0. The number of halogens is 2. The number of nitrogens with two attached hydrogens (primary N) is 2. The van der Waals surface area contributed by atoms with Gasteiger partial charge in [-0.05, 0) is 19.4 Å². The number of hydrogen-bond donors (Lipinski definition) is 4. The lowest BCUT2D eigenvalue weighted by Gasteiger charge is -2.23. The summed E-state index contributed by atoms with van der Waals surface area (Å²) in [6, 6.07) is 1.70. The first-order valence-corrected chi connectivity index (χ1v) is 8.21. The second-order valence-corrected chi connectivity index (χ2v) is 5.99. The molecule has 2 aromatic heterocycles. The van der Waals surface area contributed by atoms with E-state index >= 15 is 0 Å². The Bertz CT molecular complexity index is 784. The first-order valence-electron chi connectivity index (χ1n) is 8.21. The lowest BCUT2D eigenvalue weighted by Crippen LogP contribution is -2.38. The molecule has 0 fully saturated rings. The Labute approximate surface area is 150 Å². The third-order valence-electron chi connectivity index (χ3n) is 3.77. The van der Waals surface area contributed by atoms with Gasteiger partial charge in [-0.15, -0.1) is 0 Å². The van der Waals surface area contributed by atoms with E-state index in [9.17, 15) is 13.6 Å². The minimum atomic E-state index is -0.868. The van der Waals surface area contributed by atoms with Crippen LogP contribution in [0.4, 0.5) is 26.1 Å². The van der Waals surface area contributed by atoms with Crippen LogP contribution in [-0.4, -0.2) is 28.0 Å². The van der Waals surface area contributed by atoms with E-state index in [1.54, 1.807) is 6.92 Å². The predicted molar refractivity (Wildman–Crippen MR) is 96.2 cm³/mol. The molecule has 0 aromatic carbocycles. The molecule has 2 atom stereocenters. The number of pyridine rings is 2. The summed E-state index contributed by atoms with van der Waals surface area (Å²) in [7, 11) is 0. The van der Waals surface area contributed by atoms with Gasteiger partial charge in [0.1, 0.15) is 11.6 Å². The zero-order chi connectivity index (χ0) is 19.3. The van der Waals surface area contributed by atoms with Crippen molar-refractivity contribution in [2.45, 2.75) is 38.8 Å². The number of aromatic nitrogens is 2. The highest BCUT2D eigenvalue weighted by molar-refractivity contribution is 5.98. The number of amides is 1. The third-order valence-corrected chi connectivity index (χ3v) is 3.77. The van der Waals surface area contributed by atoms with Gasteiger partial charge in [0.05, 0.1) is 23.6 Å². The molecule has 0 aliphatic heterocycles. The van der Waals surface area contributed by atoms with Gasteiger partial charge in [-0.25, -0.2) is 13.8 Å². The van der Waals surface area contributed by atoms with Crippen LogP contribution < -0.4 is 22.1 Å². The van der Waals surface area contributed by atoms with Gasteiger partial charge in [-0.1, -0.05) is 13.3 Å². The normalized spacial score (nSPS) is 13.1. The third kappa shape index (κ3) is 4.85. The molecule has 9 heteroatoms. The monoisotopic (exact) mass is 364 g/mol. The smallest absolute Gasteiger partial charge is 0.252 e. The van der Waals surface area contributed by atoms with E-state index < -0.39 is 17.5 Å². The Balaban J connectivity index is 2.40. The van der Waals surface area contributed by atoms with E-state index in [4.69, 9.17) is 11.5 Å². The van der Waals surface area contributed by atoms with E-state index in [2.05, 4.69) is 20.6 Å². The van der Waals surface area contributed by atoms with E-state index in [1.165, 1.54) is 6.20 Å². The van der Waals surface area contributed by atoms with Gasteiger partial charge in [-0.3, -0.25) is 9.78 Å². The van der Waals surface area contributed by atoms with Crippen molar-refractivity contribution < 1.29 is 13.6 Å². The Kier molecular flexibility index (Phi) is 6.40. The fraction of sp³-hybridized carbons (Fsp3) is 0.353. The molecular formula is C17H22F2N6O. The second-order valence-electron chi connectivity index (χ2n) is 5.99. The number of anilines is 3. The number of carbonyl (C=O) groups is 1. The van der Waals surface area contributed by atoms with Crippen LogP contribution in [0.25, 0.3) is 0 Å². The van der Waals surface area contributed by atoms with E-state index in [1.807, 2.05) is 6.92 Å². The highest BCUT2D eigenvalue weighted by Crippen LogP contribution is 2.24. The van der Waals surface area contributed by atoms with E-state index in [0.717, 1.165) is 24.8 Å². The summed E-state index contributed by atoms with van der Waals surface area (Å²) < 4.78 is 27.7. The number of nitrogens with one attached hydrogen (secondary N) is 2. The Morgan fingerprint density at radius 3 is 2.58 bits per heavy atom. The molecule has 0 spiro atoms. The van der Waals surface area contributed by atoms with Crippen molar-refractivity contribution in [1.29, 1.82) is 0 Å². The van der Waals surface area contributed by atoms with Crippen LogP contribution in [0.15, 0.2) is 24.5 Å². The van der Waals surface area contributed by atoms with Gasteiger partial charge in [-0.2, -0.15) is 0 Å². The molecular weight excluding hydrogens is 342 g/mol. The molecule has 0 saturated heterocycles. The van der Waals surface area contributed by atoms with E-state index in [-0.39, 0.29) is 35.0 Å². The first kappa shape index (κ1) is 19.5. The summed E-state index contributed by atoms with van der Waals surface area (Å²) in [5.74, 6) is -2.25. The SMILES string of the molecule is CCCC(Nc1nc(Nc2cncc(F)c2)c(C(N)=O)cc1F)C(C)N. The van der Waals surface area contributed by atoms with Crippen molar-refractivity contribution in [3.8, 4) is 0 Å². The van der Waals surface area contributed by atoms with E-state index in [0.29, 0.717) is 6.42 Å². The average molecular weight is 364 g/mol. The molecule has 2 aromatic rings. The van der Waals surface area contributed by atoms with Gasteiger partial charge < -0.3 is 22.1 Å². The molecule has 0 aliphatic rings. The highest BCUT2D eigenvalue weighted by atomic mass is 19.1. The average Bonchev–Trinajstić information content (AvgIpc) is 2.56. The summed E-state index contributed by atoms with van der Waals surface area (Å²) in [5, 5.41) is 5.70.